The van der Waals surface area contributed by atoms with Crippen LogP contribution in [0.2, 0.25) is 0 Å². The largest absolute Gasteiger partial charge is 0.364 e. The fraction of sp³-hybridized carbons (Fsp3) is 0.917. The molecule has 2 fully saturated rings. The summed E-state index contributed by atoms with van der Waals surface area (Å²) in [4.78, 5) is 14.1. The zero-order valence-corrected chi connectivity index (χ0v) is 13.3. The molecule has 0 radical (unpaired) electrons. The number of likely N-dealkylation sites (N-methyl/N-ethyl adjacent to an activating group) is 1. The molecule has 0 aromatic rings. The van der Waals surface area contributed by atoms with Crippen molar-refractivity contribution in [2.24, 2.45) is 5.73 Å². The van der Waals surface area contributed by atoms with Gasteiger partial charge < -0.3 is 15.4 Å². The highest BCUT2D eigenvalue weighted by Crippen LogP contribution is 2.24. The second kappa shape index (κ2) is 7.06. The maximum Gasteiger partial charge on any atom is 0.251 e. The summed E-state index contributed by atoms with van der Waals surface area (Å²) in [6.07, 6.45) is 1.52. The van der Waals surface area contributed by atoms with Crippen LogP contribution in [0, 0.1) is 0 Å². The van der Waals surface area contributed by atoms with Gasteiger partial charge in [0.05, 0.1) is 17.6 Å². The Labute approximate surface area is 126 Å². The van der Waals surface area contributed by atoms with Crippen molar-refractivity contribution in [3.63, 3.8) is 0 Å². The van der Waals surface area contributed by atoms with Gasteiger partial charge in [0.2, 0.25) is 0 Å². The van der Waals surface area contributed by atoms with Crippen molar-refractivity contribution < 1.29 is 17.9 Å². The normalized spacial score (nSPS) is 31.8. The van der Waals surface area contributed by atoms with Crippen molar-refractivity contribution in [3.8, 4) is 0 Å². The van der Waals surface area contributed by atoms with E-state index in [1.54, 1.807) is 4.90 Å². The Morgan fingerprint density at radius 3 is 2.50 bits per heavy atom. The molecule has 1 unspecified atom stereocenters. The number of amides is 1. The number of carbonyl (C=O) groups excluding carboxylic acids is 1. The Kier molecular flexibility index (Phi) is 6.25. The quantitative estimate of drug-likeness (QED) is 0.782. The molecule has 2 heterocycles. The van der Waals surface area contributed by atoms with E-state index in [9.17, 15) is 13.2 Å². The standard InChI is InChI=1S/C12H22N2O4S.ClH/c1-2-14(9-5-6-19(16,17)8-9)12(15)11-4-3-10(7-13)18-11;/h9-11H,2-8,13H2,1H3;1H/t9?,10-,11+;/m1./s1. The van der Waals surface area contributed by atoms with Crippen LogP contribution >= 0.6 is 12.4 Å². The van der Waals surface area contributed by atoms with Crippen LogP contribution in [0.5, 0.6) is 0 Å². The van der Waals surface area contributed by atoms with Crippen LogP contribution in [0.1, 0.15) is 26.2 Å². The molecular weight excluding hydrogens is 304 g/mol. The summed E-state index contributed by atoms with van der Waals surface area (Å²) < 4.78 is 28.6. The number of carbonyl (C=O) groups is 1. The van der Waals surface area contributed by atoms with Crippen LogP contribution < -0.4 is 5.73 Å². The van der Waals surface area contributed by atoms with Crippen molar-refractivity contribution in [1.82, 2.24) is 4.90 Å². The molecule has 0 aromatic carbocycles. The summed E-state index contributed by atoms with van der Waals surface area (Å²) >= 11 is 0. The monoisotopic (exact) mass is 326 g/mol. The van der Waals surface area contributed by atoms with Crippen molar-refractivity contribution in [2.75, 3.05) is 24.6 Å². The van der Waals surface area contributed by atoms with Gasteiger partial charge in [0.15, 0.2) is 9.84 Å². The summed E-state index contributed by atoms with van der Waals surface area (Å²) in [7, 11) is -2.98. The van der Waals surface area contributed by atoms with E-state index in [1.807, 2.05) is 6.92 Å². The summed E-state index contributed by atoms with van der Waals surface area (Å²) in [5, 5.41) is 0. The highest BCUT2D eigenvalue weighted by atomic mass is 35.5. The number of ether oxygens (including phenoxy) is 1. The summed E-state index contributed by atoms with van der Waals surface area (Å²) in [5.74, 6) is 0.179. The number of hydrogen-bond donors (Lipinski definition) is 1. The molecule has 2 aliphatic heterocycles. The minimum Gasteiger partial charge on any atom is -0.364 e. The van der Waals surface area contributed by atoms with Crippen molar-refractivity contribution in [3.05, 3.63) is 0 Å². The van der Waals surface area contributed by atoms with Gasteiger partial charge in [-0.05, 0) is 26.2 Å². The van der Waals surface area contributed by atoms with E-state index >= 15 is 0 Å². The number of rotatable bonds is 4. The van der Waals surface area contributed by atoms with Crippen LogP contribution in [0.25, 0.3) is 0 Å². The fourth-order valence-electron chi connectivity index (χ4n) is 2.86. The summed E-state index contributed by atoms with van der Waals surface area (Å²) in [6, 6.07) is -0.192. The molecule has 2 N–H and O–H groups in total. The smallest absolute Gasteiger partial charge is 0.251 e. The Morgan fingerprint density at radius 2 is 2.05 bits per heavy atom. The third-order valence-electron chi connectivity index (χ3n) is 3.92. The topological polar surface area (TPSA) is 89.7 Å². The Balaban J connectivity index is 0.00000200. The van der Waals surface area contributed by atoms with Gasteiger partial charge in [-0.1, -0.05) is 0 Å². The third-order valence-corrected chi connectivity index (χ3v) is 5.67. The van der Waals surface area contributed by atoms with E-state index in [-0.39, 0.29) is 42.0 Å². The lowest BCUT2D eigenvalue weighted by molar-refractivity contribution is -0.144. The highest BCUT2D eigenvalue weighted by Gasteiger charge is 2.38. The van der Waals surface area contributed by atoms with Gasteiger partial charge in [-0.15, -0.1) is 12.4 Å². The van der Waals surface area contributed by atoms with Gasteiger partial charge in [-0.2, -0.15) is 0 Å². The van der Waals surface area contributed by atoms with E-state index < -0.39 is 15.9 Å². The van der Waals surface area contributed by atoms with Crippen LogP contribution in [-0.4, -0.2) is 62.1 Å². The first-order valence-corrected chi connectivity index (χ1v) is 8.65. The van der Waals surface area contributed by atoms with Crippen molar-refractivity contribution in [1.29, 1.82) is 0 Å². The van der Waals surface area contributed by atoms with E-state index in [4.69, 9.17) is 10.5 Å². The molecule has 6 nitrogen and oxygen atoms in total. The van der Waals surface area contributed by atoms with E-state index in [2.05, 4.69) is 0 Å². The molecule has 1 amide bonds. The predicted octanol–water partition coefficient (Wildman–Crippen LogP) is -0.0499. The first kappa shape index (κ1) is 17.7. The Hall–Kier alpha value is -0.370. The van der Waals surface area contributed by atoms with Gasteiger partial charge in [0.25, 0.3) is 5.91 Å². The van der Waals surface area contributed by atoms with E-state index in [1.165, 1.54) is 0 Å². The molecule has 8 heteroatoms. The molecule has 3 atom stereocenters. The molecule has 2 aliphatic rings. The van der Waals surface area contributed by atoms with E-state index in [0.29, 0.717) is 25.9 Å². The Bertz CT molecular complexity index is 443. The van der Waals surface area contributed by atoms with Gasteiger partial charge in [-0.25, -0.2) is 8.42 Å². The first-order chi connectivity index (χ1) is 8.96. The second-order valence-electron chi connectivity index (χ2n) is 5.24. The molecule has 118 valence electrons. The van der Waals surface area contributed by atoms with Crippen LogP contribution in [0.4, 0.5) is 0 Å². The molecule has 2 rings (SSSR count). The highest BCUT2D eigenvalue weighted by molar-refractivity contribution is 7.91. The molecule has 20 heavy (non-hydrogen) atoms. The molecule has 2 saturated heterocycles. The summed E-state index contributed by atoms with van der Waals surface area (Å²) in [6.45, 7) is 2.82. The minimum atomic E-state index is -2.98. The lowest BCUT2D eigenvalue weighted by Gasteiger charge is -2.29. The lowest BCUT2D eigenvalue weighted by atomic mass is 10.1. The third kappa shape index (κ3) is 3.84. The Morgan fingerprint density at radius 1 is 1.35 bits per heavy atom. The van der Waals surface area contributed by atoms with Crippen LogP contribution in [0.15, 0.2) is 0 Å². The maximum absolute atomic E-state index is 12.4. The second-order valence-corrected chi connectivity index (χ2v) is 7.47. The molecule has 0 bridgehead atoms. The molecule has 0 aromatic heterocycles. The zero-order valence-electron chi connectivity index (χ0n) is 11.7. The molecule has 0 aliphatic carbocycles. The predicted molar refractivity (Wildman–Crippen MR) is 78.6 cm³/mol. The van der Waals surface area contributed by atoms with Gasteiger partial charge >= 0.3 is 0 Å². The van der Waals surface area contributed by atoms with Crippen molar-refractivity contribution >= 4 is 28.2 Å². The van der Waals surface area contributed by atoms with E-state index in [0.717, 1.165) is 6.42 Å². The van der Waals surface area contributed by atoms with Crippen LogP contribution in [-0.2, 0) is 19.4 Å². The molecular formula is C12H23ClN2O4S. The average molecular weight is 327 g/mol. The number of nitrogens with two attached hydrogens (primary N) is 1. The SMILES string of the molecule is CCN(C(=O)[C@@H]1CC[C@H](CN)O1)C1CCS(=O)(=O)C1.Cl. The zero-order chi connectivity index (χ0) is 14.0. The average Bonchev–Trinajstić information content (AvgIpc) is 2.96. The van der Waals surface area contributed by atoms with Crippen LogP contribution in [0.3, 0.4) is 0 Å². The van der Waals surface area contributed by atoms with Gasteiger partial charge in [-0.3, -0.25) is 4.79 Å². The first-order valence-electron chi connectivity index (χ1n) is 6.83. The van der Waals surface area contributed by atoms with Gasteiger partial charge in [0, 0.05) is 19.1 Å². The number of halogens is 1. The van der Waals surface area contributed by atoms with Gasteiger partial charge in [0.1, 0.15) is 6.10 Å². The minimum absolute atomic E-state index is 0. The number of nitrogens with zero attached hydrogens (tertiary/aromatic N) is 1. The molecule has 0 saturated carbocycles. The fourth-order valence-corrected chi connectivity index (χ4v) is 4.59. The number of sulfone groups is 1. The number of hydrogen-bond acceptors (Lipinski definition) is 5. The summed E-state index contributed by atoms with van der Waals surface area (Å²) in [5.41, 5.74) is 5.53. The molecule has 0 spiro atoms. The van der Waals surface area contributed by atoms with Crippen molar-refractivity contribution in [2.45, 2.75) is 44.4 Å². The maximum atomic E-state index is 12.4. The lowest BCUT2D eigenvalue weighted by Crippen LogP contribution is -2.46.